The maximum absolute atomic E-state index is 12.4. The van der Waals surface area contributed by atoms with Crippen molar-refractivity contribution in [1.29, 1.82) is 0 Å². The van der Waals surface area contributed by atoms with Crippen molar-refractivity contribution in [3.05, 3.63) is 29.8 Å². The third-order valence-electron chi connectivity index (χ3n) is 5.58. The molecule has 2 saturated heterocycles. The van der Waals surface area contributed by atoms with Gasteiger partial charge in [0.2, 0.25) is 5.91 Å². The molecule has 2 heterocycles. The van der Waals surface area contributed by atoms with Gasteiger partial charge in [-0.2, -0.15) is 0 Å². The average molecular weight is 455 g/mol. The number of aliphatic hydroxyl groups excluding tert-OH is 2. The van der Waals surface area contributed by atoms with Crippen molar-refractivity contribution in [2.75, 3.05) is 27.9 Å². The summed E-state index contributed by atoms with van der Waals surface area (Å²) in [5, 5.41) is 24.3. The van der Waals surface area contributed by atoms with Crippen molar-refractivity contribution >= 4 is 11.9 Å². The van der Waals surface area contributed by atoms with E-state index < -0.39 is 54.4 Å². The summed E-state index contributed by atoms with van der Waals surface area (Å²) in [6, 6.07) is 6.02. The Bertz CT molecular complexity index is 802. The highest BCUT2D eigenvalue weighted by Gasteiger charge is 2.56. The van der Waals surface area contributed by atoms with Crippen LogP contribution in [0.1, 0.15) is 25.2 Å². The highest BCUT2D eigenvalue weighted by molar-refractivity contribution is 5.78. The molecular formula is C21H29NO10. The molecule has 1 aromatic carbocycles. The van der Waals surface area contributed by atoms with Gasteiger partial charge in [-0.05, 0) is 12.1 Å². The van der Waals surface area contributed by atoms with E-state index in [0.717, 1.165) is 7.11 Å². The fraction of sp³-hybridized carbons (Fsp3) is 0.619. The molecule has 0 saturated carbocycles. The minimum absolute atomic E-state index is 0.0127. The maximum atomic E-state index is 12.4. The molecule has 0 aromatic heterocycles. The normalized spacial score (nSPS) is 33.4. The summed E-state index contributed by atoms with van der Waals surface area (Å²) in [5.74, 6) is -2.61. The van der Waals surface area contributed by atoms with Gasteiger partial charge in [0, 0.05) is 26.0 Å². The second-order valence-electron chi connectivity index (χ2n) is 7.63. The molecule has 32 heavy (non-hydrogen) atoms. The standard InChI is InChI=1S/C21H29NO10/c1-11(23)22-16-14(24)9-21(29-4,20(26)28-3)32-18(16)17(25)15-10-30-19(31-15)12-5-7-13(27-2)8-6-12/h5-8,14-19,24-25H,9-10H2,1-4H3,(H,22,23)/t14-,15+,16+,17+,18+,19?,21+/m0/s1. The molecule has 1 unspecified atom stereocenters. The molecule has 0 spiro atoms. The molecule has 11 heteroatoms. The summed E-state index contributed by atoms with van der Waals surface area (Å²) in [6.07, 6.45) is -5.84. The summed E-state index contributed by atoms with van der Waals surface area (Å²) in [7, 11) is 3.93. The van der Waals surface area contributed by atoms with Gasteiger partial charge in [-0.25, -0.2) is 4.79 Å². The molecule has 1 aromatic rings. The Balaban J connectivity index is 1.80. The number of aliphatic hydroxyl groups is 2. The van der Waals surface area contributed by atoms with Gasteiger partial charge in [0.05, 0.1) is 33.0 Å². The summed E-state index contributed by atoms with van der Waals surface area (Å²) in [6.45, 7) is 1.28. The number of hydrogen-bond acceptors (Lipinski definition) is 10. The fourth-order valence-corrected chi connectivity index (χ4v) is 3.91. The quantitative estimate of drug-likeness (QED) is 0.467. The zero-order chi connectivity index (χ0) is 23.5. The second-order valence-corrected chi connectivity index (χ2v) is 7.63. The first kappa shape index (κ1) is 24.4. The number of amides is 1. The minimum atomic E-state index is -1.95. The molecule has 7 atom stereocenters. The molecule has 178 valence electrons. The summed E-state index contributed by atoms with van der Waals surface area (Å²) in [5.41, 5.74) is 0.712. The van der Waals surface area contributed by atoms with E-state index in [0.29, 0.717) is 11.3 Å². The van der Waals surface area contributed by atoms with Crippen LogP contribution in [-0.2, 0) is 33.3 Å². The van der Waals surface area contributed by atoms with Crippen molar-refractivity contribution < 1.29 is 48.2 Å². The van der Waals surface area contributed by atoms with Gasteiger partial charge in [0.1, 0.15) is 24.1 Å². The molecule has 3 rings (SSSR count). The van der Waals surface area contributed by atoms with E-state index in [2.05, 4.69) is 5.32 Å². The van der Waals surface area contributed by atoms with E-state index in [1.165, 1.54) is 14.0 Å². The van der Waals surface area contributed by atoms with Gasteiger partial charge >= 0.3 is 5.97 Å². The SMILES string of the molecule is COC(=O)[C@@]1(OC)C[C@H](O)[C@@H](NC(C)=O)[C@H]([C@H](O)[C@H]2COC(c3ccc(OC)cc3)O2)O1. The third-order valence-corrected chi connectivity index (χ3v) is 5.58. The maximum Gasteiger partial charge on any atom is 0.366 e. The fourth-order valence-electron chi connectivity index (χ4n) is 3.91. The topological polar surface area (TPSA) is 142 Å². The predicted molar refractivity (Wildman–Crippen MR) is 107 cm³/mol. The monoisotopic (exact) mass is 455 g/mol. The Morgan fingerprint density at radius 1 is 1.22 bits per heavy atom. The van der Waals surface area contributed by atoms with E-state index >= 15 is 0 Å². The van der Waals surface area contributed by atoms with Crippen molar-refractivity contribution in [2.24, 2.45) is 0 Å². The van der Waals surface area contributed by atoms with Crippen LogP contribution in [-0.4, -0.2) is 86.3 Å². The number of hydrogen-bond donors (Lipinski definition) is 3. The van der Waals surface area contributed by atoms with Crippen molar-refractivity contribution in [3.8, 4) is 5.75 Å². The molecule has 2 fully saturated rings. The van der Waals surface area contributed by atoms with Gasteiger partial charge in [-0.15, -0.1) is 0 Å². The first-order chi connectivity index (χ1) is 15.2. The third kappa shape index (κ3) is 4.87. The van der Waals surface area contributed by atoms with Crippen LogP contribution in [0.3, 0.4) is 0 Å². The molecule has 11 nitrogen and oxygen atoms in total. The van der Waals surface area contributed by atoms with Crippen molar-refractivity contribution in [1.82, 2.24) is 5.32 Å². The van der Waals surface area contributed by atoms with E-state index in [1.54, 1.807) is 31.4 Å². The lowest BCUT2D eigenvalue weighted by atomic mass is 9.88. The van der Waals surface area contributed by atoms with Gasteiger partial charge in [0.15, 0.2) is 6.29 Å². The lowest BCUT2D eigenvalue weighted by Gasteiger charge is -2.46. The van der Waals surface area contributed by atoms with E-state index in [9.17, 15) is 19.8 Å². The number of rotatable bonds is 7. The Morgan fingerprint density at radius 2 is 1.91 bits per heavy atom. The summed E-state index contributed by atoms with van der Waals surface area (Å²) in [4.78, 5) is 24.1. The molecule has 2 aliphatic rings. The molecule has 3 N–H and O–H groups in total. The van der Waals surface area contributed by atoms with Crippen LogP contribution in [0.4, 0.5) is 0 Å². The van der Waals surface area contributed by atoms with Crippen LogP contribution in [0.15, 0.2) is 24.3 Å². The van der Waals surface area contributed by atoms with E-state index in [-0.39, 0.29) is 13.0 Å². The largest absolute Gasteiger partial charge is 0.497 e. The number of carbonyl (C=O) groups is 2. The van der Waals surface area contributed by atoms with Gasteiger partial charge in [-0.3, -0.25) is 4.79 Å². The first-order valence-corrected chi connectivity index (χ1v) is 10.1. The molecule has 0 bridgehead atoms. The van der Waals surface area contributed by atoms with Crippen LogP contribution in [0, 0.1) is 0 Å². The Hall–Kier alpha value is -2.28. The van der Waals surface area contributed by atoms with E-state index in [4.69, 9.17) is 28.4 Å². The molecule has 0 radical (unpaired) electrons. The lowest BCUT2D eigenvalue weighted by Crippen LogP contribution is -2.67. The Kier molecular flexibility index (Phi) is 7.70. The second kappa shape index (κ2) is 10.1. The van der Waals surface area contributed by atoms with Gasteiger partial charge in [-0.1, -0.05) is 12.1 Å². The summed E-state index contributed by atoms with van der Waals surface area (Å²) < 4.78 is 32.5. The van der Waals surface area contributed by atoms with Gasteiger partial charge in [0.25, 0.3) is 5.79 Å². The van der Waals surface area contributed by atoms with Crippen LogP contribution in [0.5, 0.6) is 5.75 Å². The number of carbonyl (C=O) groups excluding carboxylic acids is 2. The van der Waals surface area contributed by atoms with Crippen LogP contribution >= 0.6 is 0 Å². The van der Waals surface area contributed by atoms with Crippen LogP contribution < -0.4 is 10.1 Å². The Labute approximate surface area is 185 Å². The van der Waals surface area contributed by atoms with Gasteiger partial charge < -0.3 is 44.0 Å². The van der Waals surface area contributed by atoms with Crippen LogP contribution in [0.25, 0.3) is 0 Å². The number of nitrogens with one attached hydrogen (secondary N) is 1. The average Bonchev–Trinajstić information content (AvgIpc) is 3.29. The molecule has 0 aliphatic carbocycles. The molecule has 2 aliphatic heterocycles. The highest BCUT2D eigenvalue weighted by Crippen LogP contribution is 2.36. The Morgan fingerprint density at radius 3 is 2.47 bits per heavy atom. The summed E-state index contributed by atoms with van der Waals surface area (Å²) >= 11 is 0. The number of esters is 1. The number of methoxy groups -OCH3 is 3. The predicted octanol–water partition coefficient (Wildman–Crippen LogP) is -0.360. The molecule has 1 amide bonds. The first-order valence-electron chi connectivity index (χ1n) is 10.1. The number of benzene rings is 1. The van der Waals surface area contributed by atoms with E-state index in [1.807, 2.05) is 0 Å². The minimum Gasteiger partial charge on any atom is -0.497 e. The highest BCUT2D eigenvalue weighted by atomic mass is 16.7. The van der Waals surface area contributed by atoms with Crippen LogP contribution in [0.2, 0.25) is 0 Å². The zero-order valence-electron chi connectivity index (χ0n) is 18.3. The number of ether oxygens (including phenoxy) is 6. The zero-order valence-corrected chi connectivity index (χ0v) is 18.3. The lowest BCUT2D eigenvalue weighted by molar-refractivity contribution is -0.304. The molecular weight excluding hydrogens is 426 g/mol. The smallest absolute Gasteiger partial charge is 0.366 e. The van der Waals surface area contributed by atoms with Crippen molar-refractivity contribution in [3.63, 3.8) is 0 Å². The van der Waals surface area contributed by atoms with Crippen molar-refractivity contribution in [2.45, 2.75) is 55.9 Å².